The maximum Gasteiger partial charge on any atom is 0.262 e. The minimum Gasteiger partial charge on any atom is -0.482 e. The second-order valence-electron chi connectivity index (χ2n) is 5.23. The average Bonchev–Trinajstić information content (AvgIpc) is 2.53. The van der Waals surface area contributed by atoms with E-state index in [0.29, 0.717) is 0 Å². The summed E-state index contributed by atoms with van der Waals surface area (Å²) in [5.74, 6) is 1.53. The number of fused-ring (bicyclic) bond motifs is 2. The van der Waals surface area contributed by atoms with Crippen LogP contribution >= 0.6 is 24.4 Å². The smallest absolute Gasteiger partial charge is 0.262 e. The van der Waals surface area contributed by atoms with E-state index in [-0.39, 0.29) is 12.5 Å². The molecule has 1 amide bonds. The van der Waals surface area contributed by atoms with Gasteiger partial charge in [0.2, 0.25) is 0 Å². The Morgan fingerprint density at radius 1 is 1.18 bits per heavy atom. The van der Waals surface area contributed by atoms with E-state index in [2.05, 4.69) is 36.2 Å². The van der Waals surface area contributed by atoms with Crippen molar-refractivity contribution in [1.29, 1.82) is 0 Å². The SMILES string of the molecule is O=C1COc2ccc(C3=Cc4cc(S)ccc4SC3)cc2N1. The molecule has 1 N–H and O–H groups in total. The van der Waals surface area contributed by atoms with Crippen LogP contribution in [0.1, 0.15) is 11.1 Å². The predicted octanol–water partition coefficient (Wildman–Crippen LogP) is 3.95. The summed E-state index contributed by atoms with van der Waals surface area (Å²) < 4.78 is 5.40. The van der Waals surface area contributed by atoms with Gasteiger partial charge in [-0.2, -0.15) is 0 Å². The number of rotatable bonds is 1. The standard InChI is InChI=1S/C17H13NO2S2/c19-17-8-20-15-3-1-10(7-14(15)18-17)12-5-11-6-13(21)2-4-16(11)22-9-12/h1-7,21H,8-9H2,(H,18,19). The van der Waals surface area contributed by atoms with Crippen molar-refractivity contribution < 1.29 is 9.53 Å². The zero-order valence-corrected chi connectivity index (χ0v) is 13.3. The predicted molar refractivity (Wildman–Crippen MR) is 92.9 cm³/mol. The number of hydrogen-bond acceptors (Lipinski definition) is 4. The first-order valence-corrected chi connectivity index (χ1v) is 8.36. The fourth-order valence-electron chi connectivity index (χ4n) is 2.61. The van der Waals surface area contributed by atoms with Crippen molar-refractivity contribution in [3.8, 4) is 5.75 Å². The molecule has 2 aliphatic heterocycles. The molecule has 0 unspecified atom stereocenters. The lowest BCUT2D eigenvalue weighted by molar-refractivity contribution is -0.118. The maximum atomic E-state index is 11.5. The van der Waals surface area contributed by atoms with Gasteiger partial charge in [0.05, 0.1) is 5.69 Å². The van der Waals surface area contributed by atoms with Gasteiger partial charge in [0.25, 0.3) is 5.91 Å². The van der Waals surface area contributed by atoms with Crippen molar-refractivity contribution in [2.75, 3.05) is 17.7 Å². The van der Waals surface area contributed by atoms with Crippen LogP contribution in [0.3, 0.4) is 0 Å². The van der Waals surface area contributed by atoms with Gasteiger partial charge in [0, 0.05) is 15.5 Å². The van der Waals surface area contributed by atoms with E-state index in [1.54, 1.807) is 0 Å². The molecular formula is C17H13NO2S2. The Labute approximate surface area is 138 Å². The van der Waals surface area contributed by atoms with Gasteiger partial charge in [-0.3, -0.25) is 4.79 Å². The van der Waals surface area contributed by atoms with Gasteiger partial charge in [0.1, 0.15) is 5.75 Å². The van der Waals surface area contributed by atoms with Gasteiger partial charge in [-0.1, -0.05) is 6.07 Å². The fraction of sp³-hybridized carbons (Fsp3) is 0.118. The summed E-state index contributed by atoms with van der Waals surface area (Å²) in [5.41, 5.74) is 4.27. The highest BCUT2D eigenvalue weighted by Crippen LogP contribution is 2.39. The highest BCUT2D eigenvalue weighted by Gasteiger charge is 2.18. The molecule has 5 heteroatoms. The number of benzene rings is 2. The fourth-order valence-corrected chi connectivity index (χ4v) is 3.84. The van der Waals surface area contributed by atoms with Crippen molar-refractivity contribution >= 4 is 47.6 Å². The number of hydrogen-bond donors (Lipinski definition) is 2. The molecule has 2 aromatic rings. The zero-order chi connectivity index (χ0) is 15.1. The van der Waals surface area contributed by atoms with E-state index in [9.17, 15) is 4.79 Å². The van der Waals surface area contributed by atoms with Gasteiger partial charge in [-0.05, 0) is 53.1 Å². The zero-order valence-electron chi connectivity index (χ0n) is 11.6. The first kappa shape index (κ1) is 13.8. The van der Waals surface area contributed by atoms with E-state index in [1.165, 1.54) is 16.0 Å². The first-order chi connectivity index (χ1) is 10.7. The lowest BCUT2D eigenvalue weighted by Gasteiger charge is -2.21. The Morgan fingerprint density at radius 3 is 3.00 bits per heavy atom. The second kappa shape index (κ2) is 5.41. The third kappa shape index (κ3) is 2.51. The quantitative estimate of drug-likeness (QED) is 0.779. The topological polar surface area (TPSA) is 38.3 Å². The highest BCUT2D eigenvalue weighted by molar-refractivity contribution is 7.99. The molecular weight excluding hydrogens is 314 g/mol. The van der Waals surface area contributed by atoms with Gasteiger partial charge >= 0.3 is 0 Å². The van der Waals surface area contributed by atoms with Crippen LogP contribution < -0.4 is 10.1 Å². The number of thiol groups is 1. The largest absolute Gasteiger partial charge is 0.482 e. The molecule has 22 heavy (non-hydrogen) atoms. The van der Waals surface area contributed by atoms with E-state index < -0.39 is 0 Å². The van der Waals surface area contributed by atoms with E-state index in [4.69, 9.17) is 4.74 Å². The molecule has 0 aliphatic carbocycles. The highest BCUT2D eigenvalue weighted by atomic mass is 32.2. The second-order valence-corrected chi connectivity index (χ2v) is 6.76. The van der Waals surface area contributed by atoms with Gasteiger partial charge < -0.3 is 10.1 Å². The molecule has 0 aromatic heterocycles. The van der Waals surface area contributed by atoms with Crippen LogP contribution in [0.4, 0.5) is 5.69 Å². The molecule has 2 heterocycles. The molecule has 0 fully saturated rings. The average molecular weight is 327 g/mol. The van der Waals surface area contributed by atoms with Crippen LogP contribution in [-0.4, -0.2) is 18.3 Å². The van der Waals surface area contributed by atoms with Crippen molar-refractivity contribution in [2.24, 2.45) is 0 Å². The summed E-state index contributed by atoms with van der Waals surface area (Å²) in [7, 11) is 0. The summed E-state index contributed by atoms with van der Waals surface area (Å²) in [6.45, 7) is 0.0863. The van der Waals surface area contributed by atoms with Gasteiger partial charge in [-0.25, -0.2) is 0 Å². The number of carbonyl (C=O) groups is 1. The van der Waals surface area contributed by atoms with Crippen molar-refractivity contribution in [1.82, 2.24) is 0 Å². The number of ether oxygens (including phenoxy) is 1. The Morgan fingerprint density at radius 2 is 2.09 bits per heavy atom. The van der Waals surface area contributed by atoms with Crippen molar-refractivity contribution in [3.63, 3.8) is 0 Å². The van der Waals surface area contributed by atoms with E-state index in [1.807, 2.05) is 36.0 Å². The van der Waals surface area contributed by atoms with Crippen LogP contribution in [0, 0.1) is 0 Å². The van der Waals surface area contributed by atoms with Crippen molar-refractivity contribution in [2.45, 2.75) is 9.79 Å². The van der Waals surface area contributed by atoms with Crippen LogP contribution in [0.15, 0.2) is 46.2 Å². The van der Waals surface area contributed by atoms with Crippen molar-refractivity contribution in [3.05, 3.63) is 47.5 Å². The summed E-state index contributed by atoms with van der Waals surface area (Å²) in [6.07, 6.45) is 2.19. The van der Waals surface area contributed by atoms with E-state index >= 15 is 0 Å². The molecule has 3 nitrogen and oxygen atoms in total. The Hall–Kier alpha value is -1.85. The molecule has 0 spiro atoms. The molecule has 0 saturated heterocycles. The van der Waals surface area contributed by atoms with Crippen LogP contribution in [-0.2, 0) is 4.79 Å². The monoisotopic (exact) mass is 327 g/mol. The number of carbonyl (C=O) groups excluding carboxylic acids is 1. The number of thioether (sulfide) groups is 1. The molecule has 0 radical (unpaired) electrons. The summed E-state index contributed by atoms with van der Waals surface area (Å²) in [5, 5.41) is 2.86. The minimum atomic E-state index is -0.110. The third-order valence-corrected chi connectivity index (χ3v) is 5.11. The molecule has 0 atom stereocenters. The van der Waals surface area contributed by atoms with Crippen LogP contribution in [0.25, 0.3) is 11.6 Å². The molecule has 4 rings (SSSR count). The normalized spacial score (nSPS) is 16.0. The van der Waals surface area contributed by atoms with Crippen LogP contribution in [0.2, 0.25) is 0 Å². The molecule has 0 saturated carbocycles. The summed E-state index contributed by atoms with van der Waals surface area (Å²) in [4.78, 5) is 13.7. The lowest BCUT2D eigenvalue weighted by atomic mass is 10.0. The molecule has 2 aromatic carbocycles. The summed E-state index contributed by atoms with van der Waals surface area (Å²) in [6, 6.07) is 12.1. The van der Waals surface area contributed by atoms with E-state index in [0.717, 1.165) is 27.6 Å². The Kier molecular flexibility index (Phi) is 3.39. The number of amides is 1. The first-order valence-electron chi connectivity index (χ1n) is 6.92. The van der Waals surface area contributed by atoms with Gasteiger partial charge in [0.15, 0.2) is 6.61 Å². The molecule has 2 aliphatic rings. The lowest BCUT2D eigenvalue weighted by Crippen LogP contribution is -2.25. The maximum absolute atomic E-state index is 11.5. The Bertz CT molecular complexity index is 814. The van der Waals surface area contributed by atoms with Crippen LogP contribution in [0.5, 0.6) is 5.75 Å². The molecule has 110 valence electrons. The summed E-state index contributed by atoms with van der Waals surface area (Å²) >= 11 is 6.23. The minimum absolute atomic E-state index is 0.0863. The van der Waals surface area contributed by atoms with Gasteiger partial charge in [-0.15, -0.1) is 24.4 Å². The Balaban J connectivity index is 1.73. The molecule has 0 bridgehead atoms. The number of anilines is 1. The third-order valence-electron chi connectivity index (χ3n) is 3.69. The number of nitrogens with one attached hydrogen (secondary N) is 1.